The van der Waals surface area contributed by atoms with Gasteiger partial charge < -0.3 is 9.84 Å². The second-order valence-electron chi connectivity index (χ2n) is 2.52. The maximum Gasteiger partial charge on any atom is 0.511 e. The maximum absolute atomic E-state index is 10.3. The summed E-state index contributed by atoms with van der Waals surface area (Å²) in [7, 11) is 0. The third-order valence-electron chi connectivity index (χ3n) is 1.54. The zero-order chi connectivity index (χ0) is 9.84. The van der Waals surface area contributed by atoms with Crippen LogP contribution in [0.2, 0.25) is 0 Å². The van der Waals surface area contributed by atoms with E-state index in [1.165, 1.54) is 0 Å². The van der Waals surface area contributed by atoms with Crippen LogP contribution in [0.1, 0.15) is 17.9 Å². The topological polar surface area (TPSA) is 46.5 Å². The molecule has 1 N–H and O–H groups in total. The highest BCUT2D eigenvalue weighted by Crippen LogP contribution is 2.28. The van der Waals surface area contributed by atoms with E-state index in [2.05, 4.69) is 4.74 Å². The Bertz CT molecular complexity index is 309. The van der Waals surface area contributed by atoms with Crippen LogP contribution in [0.5, 0.6) is 5.75 Å². The third kappa shape index (κ3) is 2.63. The predicted molar refractivity (Wildman–Crippen MR) is 49.4 cm³/mol. The molecule has 70 valence electrons. The molecule has 1 aromatic carbocycles. The van der Waals surface area contributed by atoms with Crippen molar-refractivity contribution in [3.05, 3.63) is 29.8 Å². The number of benzene rings is 1. The Labute approximate surface area is 80.9 Å². The number of rotatable bonds is 2. The van der Waals surface area contributed by atoms with Gasteiger partial charge in [0.2, 0.25) is 0 Å². The highest BCUT2D eigenvalue weighted by atomic mass is 35.5. The molecule has 0 aliphatic heterocycles. The van der Waals surface area contributed by atoms with Gasteiger partial charge in [-0.1, -0.05) is 18.2 Å². The zero-order valence-electron chi connectivity index (χ0n) is 7.03. The molecular formula is C9H9ClO3. The predicted octanol–water partition coefficient (Wildman–Crippen LogP) is 3.04. The summed E-state index contributed by atoms with van der Waals surface area (Å²) < 4.78 is 4.54. The van der Waals surface area contributed by atoms with E-state index in [-0.39, 0.29) is 11.1 Å². The van der Waals surface area contributed by atoms with Crippen molar-refractivity contribution < 1.29 is 14.6 Å². The van der Waals surface area contributed by atoms with Crippen LogP contribution in [-0.4, -0.2) is 11.3 Å². The van der Waals surface area contributed by atoms with Crippen LogP contribution < -0.4 is 4.74 Å². The first-order chi connectivity index (χ1) is 6.11. The summed E-state index contributed by atoms with van der Waals surface area (Å²) in [5.74, 6) is 0.289. The van der Waals surface area contributed by atoms with Gasteiger partial charge in [0.25, 0.3) is 0 Å². The molecule has 1 atom stereocenters. The molecule has 0 heterocycles. The lowest BCUT2D eigenvalue weighted by Crippen LogP contribution is -2.05. The number of carboxylic acid groups (broad SMARTS) is 1. The minimum absolute atomic E-state index is 0.268. The number of hydrogen-bond donors (Lipinski definition) is 1. The molecule has 1 aromatic rings. The first-order valence-corrected chi connectivity index (χ1v) is 4.18. The number of para-hydroxylation sites is 1. The van der Waals surface area contributed by atoms with E-state index in [9.17, 15) is 4.79 Å². The molecule has 0 aliphatic rings. The molecule has 13 heavy (non-hydrogen) atoms. The van der Waals surface area contributed by atoms with Gasteiger partial charge in [-0.2, -0.15) is 0 Å². The third-order valence-corrected chi connectivity index (χ3v) is 1.78. The minimum Gasteiger partial charge on any atom is -0.449 e. The van der Waals surface area contributed by atoms with Gasteiger partial charge in [-0.05, 0) is 13.0 Å². The van der Waals surface area contributed by atoms with E-state index in [0.29, 0.717) is 5.56 Å². The Morgan fingerprint density at radius 3 is 2.69 bits per heavy atom. The fraction of sp³-hybridized carbons (Fsp3) is 0.222. The van der Waals surface area contributed by atoms with E-state index in [1.54, 1.807) is 31.2 Å². The van der Waals surface area contributed by atoms with E-state index < -0.39 is 6.16 Å². The molecule has 0 amide bonds. The van der Waals surface area contributed by atoms with Gasteiger partial charge in [0.05, 0.1) is 5.38 Å². The quantitative estimate of drug-likeness (QED) is 0.454. The van der Waals surface area contributed by atoms with Gasteiger partial charge in [0.1, 0.15) is 5.75 Å². The van der Waals surface area contributed by atoms with Crippen molar-refractivity contribution in [2.75, 3.05) is 0 Å². The average molecular weight is 201 g/mol. The average Bonchev–Trinajstić information content (AvgIpc) is 2.03. The van der Waals surface area contributed by atoms with Crippen molar-refractivity contribution in [1.82, 2.24) is 0 Å². The number of ether oxygens (including phenoxy) is 1. The van der Waals surface area contributed by atoms with Crippen LogP contribution in [0.15, 0.2) is 24.3 Å². The van der Waals surface area contributed by atoms with Crippen molar-refractivity contribution in [2.24, 2.45) is 0 Å². The van der Waals surface area contributed by atoms with Crippen molar-refractivity contribution >= 4 is 17.8 Å². The fourth-order valence-electron chi connectivity index (χ4n) is 0.996. The highest BCUT2D eigenvalue weighted by molar-refractivity contribution is 6.20. The summed E-state index contributed by atoms with van der Waals surface area (Å²) in [6.07, 6.45) is -1.33. The van der Waals surface area contributed by atoms with Gasteiger partial charge in [-0.25, -0.2) is 4.79 Å². The molecule has 1 unspecified atom stereocenters. The summed E-state index contributed by atoms with van der Waals surface area (Å²) in [4.78, 5) is 10.3. The van der Waals surface area contributed by atoms with Crippen molar-refractivity contribution in [2.45, 2.75) is 12.3 Å². The molecule has 3 nitrogen and oxygen atoms in total. The summed E-state index contributed by atoms with van der Waals surface area (Å²) in [6.45, 7) is 1.76. The van der Waals surface area contributed by atoms with Gasteiger partial charge >= 0.3 is 6.16 Å². The number of halogens is 1. The molecule has 0 bridgehead atoms. The zero-order valence-corrected chi connectivity index (χ0v) is 7.78. The van der Waals surface area contributed by atoms with E-state index in [4.69, 9.17) is 16.7 Å². The second-order valence-corrected chi connectivity index (χ2v) is 3.18. The monoisotopic (exact) mass is 200 g/mol. The summed E-state index contributed by atoms with van der Waals surface area (Å²) in [5.41, 5.74) is 0.673. The first kappa shape index (κ1) is 9.86. The lowest BCUT2D eigenvalue weighted by molar-refractivity contribution is 0.144. The van der Waals surface area contributed by atoms with Gasteiger partial charge in [-0.3, -0.25) is 0 Å². The molecular weight excluding hydrogens is 192 g/mol. The minimum atomic E-state index is -1.33. The number of hydrogen-bond acceptors (Lipinski definition) is 2. The Kier molecular flexibility index (Phi) is 3.14. The number of alkyl halides is 1. The molecule has 0 fully saturated rings. The molecule has 0 spiro atoms. The van der Waals surface area contributed by atoms with Crippen LogP contribution >= 0.6 is 11.6 Å². The van der Waals surface area contributed by atoms with Crippen LogP contribution in [0.4, 0.5) is 4.79 Å². The Balaban J connectivity index is 2.97. The molecule has 0 aromatic heterocycles. The molecule has 0 saturated carbocycles. The Morgan fingerprint density at radius 2 is 2.15 bits per heavy atom. The van der Waals surface area contributed by atoms with Crippen LogP contribution in [-0.2, 0) is 0 Å². The van der Waals surface area contributed by atoms with Crippen LogP contribution in [0.25, 0.3) is 0 Å². The normalized spacial score (nSPS) is 12.2. The lowest BCUT2D eigenvalue weighted by Gasteiger charge is -2.08. The second kappa shape index (κ2) is 4.14. The van der Waals surface area contributed by atoms with E-state index in [0.717, 1.165) is 0 Å². The van der Waals surface area contributed by atoms with Crippen molar-refractivity contribution in [3.8, 4) is 5.75 Å². The Hall–Kier alpha value is -1.22. The van der Waals surface area contributed by atoms with Gasteiger partial charge in [0, 0.05) is 5.56 Å². The van der Waals surface area contributed by atoms with E-state index >= 15 is 0 Å². The maximum atomic E-state index is 10.3. The van der Waals surface area contributed by atoms with Gasteiger partial charge in [-0.15, -0.1) is 11.6 Å². The molecule has 4 heteroatoms. The molecule has 0 saturated heterocycles. The smallest absolute Gasteiger partial charge is 0.449 e. The first-order valence-electron chi connectivity index (χ1n) is 3.75. The van der Waals surface area contributed by atoms with Gasteiger partial charge in [0.15, 0.2) is 0 Å². The SMILES string of the molecule is CC(Cl)c1ccccc1OC(=O)O. The number of carbonyl (C=O) groups is 1. The fourth-order valence-corrected chi connectivity index (χ4v) is 1.18. The van der Waals surface area contributed by atoms with E-state index in [1.807, 2.05) is 0 Å². The molecule has 0 aliphatic carbocycles. The van der Waals surface area contributed by atoms with Crippen molar-refractivity contribution in [3.63, 3.8) is 0 Å². The van der Waals surface area contributed by atoms with Crippen molar-refractivity contribution in [1.29, 1.82) is 0 Å². The van der Waals surface area contributed by atoms with Crippen LogP contribution in [0.3, 0.4) is 0 Å². The highest BCUT2D eigenvalue weighted by Gasteiger charge is 2.10. The largest absolute Gasteiger partial charge is 0.511 e. The summed E-state index contributed by atoms with van der Waals surface area (Å²) in [5, 5.41) is 8.14. The molecule has 1 rings (SSSR count). The molecule has 0 radical (unpaired) electrons. The summed E-state index contributed by atoms with van der Waals surface area (Å²) >= 11 is 5.82. The Morgan fingerprint density at radius 1 is 1.54 bits per heavy atom. The summed E-state index contributed by atoms with van der Waals surface area (Å²) in [6, 6.07) is 6.78. The van der Waals surface area contributed by atoms with Crippen LogP contribution in [0, 0.1) is 0 Å². The lowest BCUT2D eigenvalue weighted by atomic mass is 10.1. The standard InChI is InChI=1S/C9H9ClO3/c1-6(10)7-4-2-3-5-8(7)13-9(11)12/h2-6H,1H3,(H,11,12).